The number of para-hydroxylation sites is 1. The standard InChI is InChI=1S/C20H18FN7O/c21-14-5-3-4-13-16(14)25-20(24-15-6-1-2-9-23-19(15)29)28-18(13)26-17(27-28)12-7-10-22-11-8-12/h3-5,7-8,10-11,15H,1-2,6,9H2,(H,23,29)(H,24,25)/t15-/m1/s1. The first-order chi connectivity index (χ1) is 14.2. The van der Waals surface area contributed by atoms with Gasteiger partial charge >= 0.3 is 0 Å². The zero-order chi connectivity index (χ0) is 19.8. The number of pyridine rings is 1. The first-order valence-electron chi connectivity index (χ1n) is 9.50. The number of carbonyl (C=O) groups excluding carboxylic acids is 1. The molecule has 29 heavy (non-hydrogen) atoms. The Kier molecular flexibility index (Phi) is 4.27. The van der Waals surface area contributed by atoms with Crippen molar-refractivity contribution >= 4 is 28.4 Å². The van der Waals surface area contributed by atoms with Gasteiger partial charge in [-0.2, -0.15) is 4.52 Å². The number of nitrogens with zero attached hydrogens (tertiary/aromatic N) is 5. The van der Waals surface area contributed by atoms with Gasteiger partial charge in [0, 0.05) is 29.9 Å². The summed E-state index contributed by atoms with van der Waals surface area (Å²) in [7, 11) is 0. The summed E-state index contributed by atoms with van der Waals surface area (Å²) >= 11 is 0. The molecule has 9 heteroatoms. The van der Waals surface area contributed by atoms with Crippen LogP contribution in [0.3, 0.4) is 0 Å². The summed E-state index contributed by atoms with van der Waals surface area (Å²) in [6.07, 6.45) is 5.81. The smallest absolute Gasteiger partial charge is 0.242 e. The Morgan fingerprint density at radius 1 is 1.14 bits per heavy atom. The van der Waals surface area contributed by atoms with Gasteiger partial charge in [-0.3, -0.25) is 9.78 Å². The van der Waals surface area contributed by atoms with E-state index in [1.165, 1.54) is 10.6 Å². The van der Waals surface area contributed by atoms with Crippen LogP contribution in [0, 0.1) is 5.82 Å². The molecule has 0 radical (unpaired) electrons. The van der Waals surface area contributed by atoms with E-state index in [2.05, 4.69) is 30.7 Å². The van der Waals surface area contributed by atoms with Crippen molar-refractivity contribution in [3.8, 4) is 11.4 Å². The van der Waals surface area contributed by atoms with Crippen LogP contribution in [0.4, 0.5) is 10.3 Å². The number of carbonyl (C=O) groups is 1. The van der Waals surface area contributed by atoms with Gasteiger partial charge in [-0.25, -0.2) is 14.4 Å². The summed E-state index contributed by atoms with van der Waals surface area (Å²) in [5.74, 6) is 0.208. The van der Waals surface area contributed by atoms with Gasteiger partial charge in [-0.05, 0) is 43.5 Å². The Morgan fingerprint density at radius 2 is 2.00 bits per heavy atom. The van der Waals surface area contributed by atoms with Crippen LogP contribution >= 0.6 is 0 Å². The lowest BCUT2D eigenvalue weighted by atomic mass is 10.1. The number of hydrogen-bond acceptors (Lipinski definition) is 6. The van der Waals surface area contributed by atoms with E-state index in [4.69, 9.17) is 0 Å². The van der Waals surface area contributed by atoms with Crippen LogP contribution in [-0.4, -0.2) is 43.1 Å². The highest BCUT2D eigenvalue weighted by atomic mass is 19.1. The Labute approximate surface area is 165 Å². The maximum Gasteiger partial charge on any atom is 0.242 e. The number of amides is 1. The average molecular weight is 391 g/mol. The average Bonchev–Trinajstić information content (AvgIpc) is 3.10. The molecule has 1 amide bonds. The van der Waals surface area contributed by atoms with Crippen molar-refractivity contribution in [2.24, 2.45) is 0 Å². The SMILES string of the molecule is O=C1NCCCC[C@H]1Nc1nc2c(F)cccc2c2nc(-c3ccncc3)nn12. The van der Waals surface area contributed by atoms with Gasteiger partial charge in [0.05, 0.1) is 0 Å². The zero-order valence-electron chi connectivity index (χ0n) is 15.5. The second-order valence-corrected chi connectivity index (χ2v) is 6.96. The van der Waals surface area contributed by atoms with Crippen LogP contribution in [0.15, 0.2) is 42.7 Å². The molecule has 1 fully saturated rings. The molecule has 0 spiro atoms. The summed E-state index contributed by atoms with van der Waals surface area (Å²) in [5.41, 5.74) is 1.44. The molecule has 2 N–H and O–H groups in total. The Bertz CT molecular complexity index is 1210. The number of hydrogen-bond donors (Lipinski definition) is 2. The van der Waals surface area contributed by atoms with Crippen LogP contribution in [0.5, 0.6) is 0 Å². The second kappa shape index (κ2) is 7.08. The molecule has 1 atom stereocenters. The van der Waals surface area contributed by atoms with Crippen molar-refractivity contribution in [3.05, 3.63) is 48.5 Å². The van der Waals surface area contributed by atoms with Gasteiger partial charge in [-0.1, -0.05) is 6.07 Å². The maximum absolute atomic E-state index is 14.5. The highest BCUT2D eigenvalue weighted by Gasteiger charge is 2.24. The molecule has 146 valence electrons. The van der Waals surface area contributed by atoms with Crippen molar-refractivity contribution in [3.63, 3.8) is 0 Å². The third-order valence-corrected chi connectivity index (χ3v) is 5.03. The maximum atomic E-state index is 14.5. The molecule has 5 rings (SSSR count). The summed E-state index contributed by atoms with van der Waals surface area (Å²) in [5, 5.41) is 11.2. The number of aromatic nitrogens is 5. The Balaban J connectivity index is 1.69. The summed E-state index contributed by atoms with van der Waals surface area (Å²) in [6.45, 7) is 0.654. The fourth-order valence-electron chi connectivity index (χ4n) is 3.55. The van der Waals surface area contributed by atoms with Gasteiger partial charge in [0.2, 0.25) is 11.9 Å². The summed E-state index contributed by atoms with van der Waals surface area (Å²) < 4.78 is 16.0. The first-order valence-corrected chi connectivity index (χ1v) is 9.50. The van der Waals surface area contributed by atoms with E-state index in [0.717, 1.165) is 18.4 Å². The van der Waals surface area contributed by atoms with Gasteiger partial charge in [0.1, 0.15) is 17.4 Å². The predicted octanol–water partition coefficient (Wildman–Crippen LogP) is 2.56. The molecule has 1 aliphatic rings. The van der Waals surface area contributed by atoms with E-state index in [9.17, 15) is 9.18 Å². The molecule has 4 aromatic rings. The molecule has 1 saturated heterocycles. The number of halogens is 1. The molecule has 0 bridgehead atoms. The number of nitrogens with one attached hydrogen (secondary N) is 2. The molecule has 3 aromatic heterocycles. The van der Waals surface area contributed by atoms with Crippen molar-refractivity contribution in [1.82, 2.24) is 29.9 Å². The van der Waals surface area contributed by atoms with Crippen LogP contribution in [0.2, 0.25) is 0 Å². The third-order valence-electron chi connectivity index (χ3n) is 5.03. The molecule has 8 nitrogen and oxygen atoms in total. The van der Waals surface area contributed by atoms with E-state index < -0.39 is 11.9 Å². The van der Waals surface area contributed by atoms with E-state index >= 15 is 0 Å². The lowest BCUT2D eigenvalue weighted by Gasteiger charge is -2.16. The topological polar surface area (TPSA) is 97.1 Å². The zero-order valence-corrected chi connectivity index (χ0v) is 15.5. The molecular formula is C20H18FN7O. The molecular weight excluding hydrogens is 373 g/mol. The minimum atomic E-state index is -0.467. The number of rotatable bonds is 3. The third kappa shape index (κ3) is 3.14. The second-order valence-electron chi connectivity index (χ2n) is 6.96. The van der Waals surface area contributed by atoms with Crippen LogP contribution in [0.1, 0.15) is 19.3 Å². The largest absolute Gasteiger partial charge is 0.354 e. The van der Waals surface area contributed by atoms with Crippen LogP contribution in [-0.2, 0) is 4.79 Å². The number of benzene rings is 1. The normalized spacial score (nSPS) is 17.3. The lowest BCUT2D eigenvalue weighted by Crippen LogP contribution is -2.38. The number of anilines is 1. The van der Waals surface area contributed by atoms with Crippen LogP contribution < -0.4 is 10.6 Å². The number of fused-ring (bicyclic) bond motifs is 3. The first kappa shape index (κ1) is 17.5. The van der Waals surface area contributed by atoms with Crippen LogP contribution in [0.25, 0.3) is 27.9 Å². The van der Waals surface area contributed by atoms with E-state index in [0.29, 0.717) is 29.8 Å². The molecule has 4 heterocycles. The fraction of sp³-hybridized carbons (Fsp3) is 0.250. The molecule has 0 saturated carbocycles. The van der Waals surface area contributed by atoms with Gasteiger partial charge < -0.3 is 10.6 Å². The minimum absolute atomic E-state index is 0.0967. The molecule has 0 aliphatic carbocycles. The van der Waals surface area contributed by atoms with Gasteiger partial charge in [0.25, 0.3) is 0 Å². The van der Waals surface area contributed by atoms with E-state index in [1.807, 2.05) is 0 Å². The molecule has 1 aliphatic heterocycles. The van der Waals surface area contributed by atoms with Crippen molar-refractivity contribution < 1.29 is 9.18 Å². The van der Waals surface area contributed by atoms with Crippen molar-refractivity contribution in [2.75, 3.05) is 11.9 Å². The lowest BCUT2D eigenvalue weighted by molar-refractivity contribution is -0.121. The highest BCUT2D eigenvalue weighted by molar-refractivity contribution is 5.93. The fourth-order valence-corrected chi connectivity index (χ4v) is 3.55. The summed E-state index contributed by atoms with van der Waals surface area (Å²) in [4.78, 5) is 25.5. The van der Waals surface area contributed by atoms with Crippen molar-refractivity contribution in [2.45, 2.75) is 25.3 Å². The minimum Gasteiger partial charge on any atom is -0.354 e. The van der Waals surface area contributed by atoms with Gasteiger partial charge in [-0.15, -0.1) is 5.10 Å². The van der Waals surface area contributed by atoms with E-state index in [1.54, 1.807) is 36.7 Å². The van der Waals surface area contributed by atoms with E-state index in [-0.39, 0.29) is 17.4 Å². The molecule has 1 aromatic carbocycles. The van der Waals surface area contributed by atoms with Gasteiger partial charge in [0.15, 0.2) is 11.5 Å². The Morgan fingerprint density at radius 3 is 2.86 bits per heavy atom. The van der Waals surface area contributed by atoms with Crippen molar-refractivity contribution in [1.29, 1.82) is 0 Å². The monoisotopic (exact) mass is 391 g/mol. The molecule has 0 unspecified atom stereocenters. The summed E-state index contributed by atoms with van der Waals surface area (Å²) in [6, 6.07) is 7.87. The predicted molar refractivity (Wildman–Crippen MR) is 106 cm³/mol. The Hall–Kier alpha value is -3.62. The quantitative estimate of drug-likeness (QED) is 0.557. The highest BCUT2D eigenvalue weighted by Crippen LogP contribution is 2.26.